The standard InChI is InChI=1S/C19H22O5S/c1-11-8-16(20)15(9-12-6-7-25-10-12)17(11)24-19(23)14-5-3-2-4-13(14)18(21)22/h6-7,9-11,13-14,17H,2-5,8H2,1H3,(H,21,22)/b15-9+. The molecular formula is C19H22O5S. The molecule has 2 fully saturated rings. The summed E-state index contributed by atoms with van der Waals surface area (Å²) in [7, 11) is 0. The van der Waals surface area contributed by atoms with Crippen molar-refractivity contribution in [2.75, 3.05) is 0 Å². The predicted octanol–water partition coefficient (Wildman–Crippen LogP) is 3.54. The Morgan fingerprint density at radius 3 is 2.64 bits per heavy atom. The number of hydrogen-bond acceptors (Lipinski definition) is 5. The van der Waals surface area contributed by atoms with Gasteiger partial charge in [0, 0.05) is 17.9 Å². The lowest BCUT2D eigenvalue weighted by Crippen LogP contribution is -2.36. The SMILES string of the molecule is CC1CC(=O)/C(=C\c2ccsc2)C1OC(=O)C1CCCCC1C(=O)O. The number of esters is 1. The van der Waals surface area contributed by atoms with Crippen molar-refractivity contribution in [3.63, 3.8) is 0 Å². The molecule has 4 atom stereocenters. The maximum Gasteiger partial charge on any atom is 0.310 e. The third-order valence-electron chi connectivity index (χ3n) is 5.15. The number of hydrogen-bond donors (Lipinski definition) is 1. The Kier molecular flexibility index (Phi) is 5.37. The average molecular weight is 362 g/mol. The van der Waals surface area contributed by atoms with Crippen molar-refractivity contribution in [2.24, 2.45) is 17.8 Å². The second kappa shape index (κ2) is 7.52. The van der Waals surface area contributed by atoms with Crippen LogP contribution in [0.25, 0.3) is 6.08 Å². The number of Topliss-reactive ketones (excluding diaryl/α,β-unsaturated/α-hetero) is 1. The Morgan fingerprint density at radius 1 is 1.28 bits per heavy atom. The van der Waals surface area contributed by atoms with E-state index >= 15 is 0 Å². The highest BCUT2D eigenvalue weighted by Gasteiger charge is 2.42. The molecule has 3 rings (SSSR count). The van der Waals surface area contributed by atoms with Crippen LogP contribution in [0.2, 0.25) is 0 Å². The maximum atomic E-state index is 12.6. The van der Waals surface area contributed by atoms with Crippen LogP contribution in [-0.4, -0.2) is 28.9 Å². The van der Waals surface area contributed by atoms with E-state index in [1.165, 1.54) is 11.3 Å². The van der Waals surface area contributed by atoms with E-state index < -0.39 is 29.9 Å². The van der Waals surface area contributed by atoms with Crippen LogP contribution < -0.4 is 0 Å². The van der Waals surface area contributed by atoms with Gasteiger partial charge in [-0.15, -0.1) is 0 Å². The molecule has 1 aromatic heterocycles. The third kappa shape index (κ3) is 3.84. The van der Waals surface area contributed by atoms with Crippen molar-refractivity contribution in [3.05, 3.63) is 28.0 Å². The van der Waals surface area contributed by atoms with Gasteiger partial charge in [0.2, 0.25) is 0 Å². The second-order valence-corrected chi connectivity index (χ2v) is 7.73. The van der Waals surface area contributed by atoms with Crippen LogP contribution in [0.1, 0.15) is 44.6 Å². The summed E-state index contributed by atoms with van der Waals surface area (Å²) in [6.45, 7) is 1.89. The summed E-state index contributed by atoms with van der Waals surface area (Å²) in [6.07, 6.45) is 4.25. The number of carboxylic acid groups (broad SMARTS) is 1. The molecule has 0 saturated heterocycles. The molecule has 25 heavy (non-hydrogen) atoms. The van der Waals surface area contributed by atoms with E-state index in [9.17, 15) is 19.5 Å². The molecule has 1 aromatic rings. The number of ketones is 1. The minimum atomic E-state index is -0.939. The molecule has 0 aromatic carbocycles. The Hall–Kier alpha value is -1.95. The molecule has 1 N–H and O–H groups in total. The number of carbonyl (C=O) groups excluding carboxylic acids is 2. The summed E-state index contributed by atoms with van der Waals surface area (Å²) in [4.78, 5) is 36.4. The van der Waals surface area contributed by atoms with Gasteiger partial charge in [-0.3, -0.25) is 14.4 Å². The van der Waals surface area contributed by atoms with Gasteiger partial charge in [0.1, 0.15) is 6.10 Å². The number of aliphatic carboxylic acids is 1. The van der Waals surface area contributed by atoms with Crippen LogP contribution >= 0.6 is 11.3 Å². The molecule has 0 amide bonds. The third-order valence-corrected chi connectivity index (χ3v) is 5.85. The van der Waals surface area contributed by atoms with Crippen molar-refractivity contribution in [1.82, 2.24) is 0 Å². The number of rotatable bonds is 4. The Bertz CT molecular complexity index is 691. The van der Waals surface area contributed by atoms with Gasteiger partial charge >= 0.3 is 11.9 Å². The normalized spacial score (nSPS) is 31.2. The predicted molar refractivity (Wildman–Crippen MR) is 94.0 cm³/mol. The zero-order valence-electron chi connectivity index (χ0n) is 14.1. The van der Waals surface area contributed by atoms with Gasteiger partial charge in [-0.1, -0.05) is 19.8 Å². The molecule has 134 valence electrons. The second-order valence-electron chi connectivity index (χ2n) is 6.95. The molecule has 0 aliphatic heterocycles. The fourth-order valence-electron chi connectivity index (χ4n) is 3.78. The number of carboxylic acids is 1. The number of carbonyl (C=O) groups is 3. The van der Waals surface area contributed by atoms with Crippen LogP contribution in [0.3, 0.4) is 0 Å². The lowest BCUT2D eigenvalue weighted by Gasteiger charge is -2.28. The smallest absolute Gasteiger partial charge is 0.310 e. The molecule has 0 radical (unpaired) electrons. The lowest BCUT2D eigenvalue weighted by atomic mass is 9.79. The van der Waals surface area contributed by atoms with E-state index in [0.717, 1.165) is 18.4 Å². The molecule has 2 aliphatic carbocycles. The lowest BCUT2D eigenvalue weighted by molar-refractivity contribution is -0.163. The van der Waals surface area contributed by atoms with Crippen molar-refractivity contribution in [1.29, 1.82) is 0 Å². The highest BCUT2D eigenvalue weighted by Crippen LogP contribution is 2.36. The summed E-state index contributed by atoms with van der Waals surface area (Å²) in [6, 6.07) is 1.91. The zero-order valence-corrected chi connectivity index (χ0v) is 15.0. The molecule has 6 heteroatoms. The molecule has 0 spiro atoms. The van der Waals surface area contributed by atoms with E-state index in [0.29, 0.717) is 24.8 Å². The first-order valence-corrected chi connectivity index (χ1v) is 9.62. The van der Waals surface area contributed by atoms with Crippen LogP contribution in [0, 0.1) is 17.8 Å². The molecule has 2 aliphatic rings. The van der Waals surface area contributed by atoms with Crippen molar-refractivity contribution in [3.8, 4) is 0 Å². The molecule has 1 heterocycles. The Balaban J connectivity index is 1.78. The topological polar surface area (TPSA) is 80.7 Å². The fourth-order valence-corrected chi connectivity index (χ4v) is 4.40. The van der Waals surface area contributed by atoms with Gasteiger partial charge < -0.3 is 9.84 Å². The summed E-state index contributed by atoms with van der Waals surface area (Å²) >= 11 is 1.54. The van der Waals surface area contributed by atoms with Gasteiger partial charge in [-0.05, 0) is 41.3 Å². The van der Waals surface area contributed by atoms with E-state index in [1.54, 1.807) is 6.08 Å². The van der Waals surface area contributed by atoms with Gasteiger partial charge in [-0.25, -0.2) is 0 Å². The van der Waals surface area contributed by atoms with Crippen LogP contribution in [0.5, 0.6) is 0 Å². The van der Waals surface area contributed by atoms with Crippen LogP contribution in [0.4, 0.5) is 0 Å². The summed E-state index contributed by atoms with van der Waals surface area (Å²) in [5, 5.41) is 13.2. The average Bonchev–Trinajstić information content (AvgIpc) is 3.18. The van der Waals surface area contributed by atoms with Gasteiger partial charge in [-0.2, -0.15) is 11.3 Å². The van der Waals surface area contributed by atoms with Crippen molar-refractivity contribution in [2.45, 2.75) is 45.1 Å². The number of thiophene rings is 1. The maximum absolute atomic E-state index is 12.6. The summed E-state index contributed by atoms with van der Waals surface area (Å²) in [5.41, 5.74) is 1.44. The first kappa shape index (κ1) is 17.9. The van der Waals surface area contributed by atoms with Crippen LogP contribution in [0.15, 0.2) is 22.4 Å². The molecule has 5 nitrogen and oxygen atoms in total. The molecule has 0 bridgehead atoms. The minimum Gasteiger partial charge on any atom is -0.481 e. The van der Waals surface area contributed by atoms with E-state index in [-0.39, 0.29) is 11.7 Å². The van der Waals surface area contributed by atoms with Gasteiger partial charge in [0.05, 0.1) is 11.8 Å². The quantitative estimate of drug-likeness (QED) is 0.654. The van der Waals surface area contributed by atoms with Crippen LogP contribution in [-0.2, 0) is 19.1 Å². The minimum absolute atomic E-state index is 0.00470. The van der Waals surface area contributed by atoms with E-state index in [1.807, 2.05) is 23.8 Å². The highest BCUT2D eigenvalue weighted by molar-refractivity contribution is 7.08. The van der Waals surface area contributed by atoms with E-state index in [2.05, 4.69) is 0 Å². The number of ether oxygens (including phenoxy) is 1. The summed E-state index contributed by atoms with van der Waals surface area (Å²) < 4.78 is 5.69. The fraction of sp³-hybridized carbons (Fsp3) is 0.526. The molecule has 2 saturated carbocycles. The Labute approximate surface area is 150 Å². The summed E-state index contributed by atoms with van der Waals surface area (Å²) in [5.74, 6) is -2.81. The first-order valence-electron chi connectivity index (χ1n) is 8.67. The van der Waals surface area contributed by atoms with Gasteiger partial charge in [0.25, 0.3) is 0 Å². The Morgan fingerprint density at radius 2 is 2.00 bits per heavy atom. The van der Waals surface area contributed by atoms with Crippen molar-refractivity contribution >= 4 is 35.1 Å². The largest absolute Gasteiger partial charge is 0.481 e. The highest BCUT2D eigenvalue weighted by atomic mass is 32.1. The molecule has 4 unspecified atom stereocenters. The van der Waals surface area contributed by atoms with E-state index in [4.69, 9.17) is 4.74 Å². The zero-order chi connectivity index (χ0) is 18.0. The molecular weight excluding hydrogens is 340 g/mol. The monoisotopic (exact) mass is 362 g/mol. The van der Waals surface area contributed by atoms with Gasteiger partial charge in [0.15, 0.2) is 5.78 Å². The first-order chi connectivity index (χ1) is 12.0. The van der Waals surface area contributed by atoms with Crippen molar-refractivity contribution < 1.29 is 24.2 Å².